The fourth-order valence-corrected chi connectivity index (χ4v) is 8.84. The highest BCUT2D eigenvalue weighted by Crippen LogP contribution is 2.50. The number of hydrogen-bond acceptors (Lipinski definition) is 1. The van der Waals surface area contributed by atoms with Gasteiger partial charge < -0.3 is 4.90 Å². The molecule has 1 heteroatoms. The molecule has 0 aliphatic heterocycles. The molecule has 0 unspecified atom stereocenters. The summed E-state index contributed by atoms with van der Waals surface area (Å²) in [6.07, 6.45) is 13.3. The molecule has 1 aliphatic carbocycles. The minimum absolute atomic E-state index is 1.14. The molecule has 0 heterocycles. The molecule has 1 nitrogen and oxygen atoms in total. The van der Waals surface area contributed by atoms with Gasteiger partial charge in [0.15, 0.2) is 0 Å². The fourth-order valence-electron chi connectivity index (χ4n) is 8.84. The predicted molar refractivity (Wildman–Crippen MR) is 231 cm³/mol. The van der Waals surface area contributed by atoms with Crippen LogP contribution in [0.2, 0.25) is 0 Å². The molecule has 0 amide bonds. The van der Waals surface area contributed by atoms with Gasteiger partial charge in [0.2, 0.25) is 0 Å². The van der Waals surface area contributed by atoms with Crippen molar-refractivity contribution >= 4 is 89.2 Å². The number of hydrogen-bond donors (Lipinski definition) is 0. The Hall–Kier alpha value is -6.18. The molecule has 0 spiro atoms. The molecule has 1 aliphatic rings. The van der Waals surface area contributed by atoms with E-state index in [0.717, 1.165) is 11.4 Å². The van der Waals surface area contributed by atoms with Gasteiger partial charge in [0.25, 0.3) is 0 Å². The molecule has 0 aromatic heterocycles. The van der Waals surface area contributed by atoms with Crippen LogP contribution in [0.3, 0.4) is 0 Å². The number of benzene rings is 9. The molecule has 9 aromatic carbocycles. The van der Waals surface area contributed by atoms with Crippen molar-refractivity contribution in [2.45, 2.75) is 39.0 Å². The summed E-state index contributed by atoms with van der Waals surface area (Å²) in [5, 5.41) is 13.0. The molecule has 1 saturated carbocycles. The number of rotatable bonds is 6. The number of anilines is 3. The summed E-state index contributed by atoms with van der Waals surface area (Å²) in [7, 11) is 0. The molecule has 1 fully saturated rings. The third kappa shape index (κ3) is 5.56. The maximum Gasteiger partial charge on any atom is 0.0619 e. The summed E-state index contributed by atoms with van der Waals surface area (Å²) in [5.41, 5.74) is 10.0. The lowest BCUT2D eigenvalue weighted by Gasteiger charge is -2.30. The number of allylic oxidation sites excluding steroid dienone is 1. The molecular weight excluding hydrogens is 639 g/mol. The van der Waals surface area contributed by atoms with Crippen molar-refractivity contribution in [3.05, 3.63) is 179 Å². The molecule has 9 aromatic rings. The van der Waals surface area contributed by atoms with Crippen molar-refractivity contribution < 1.29 is 0 Å². The maximum atomic E-state index is 2.50. The molecule has 0 atom stereocenters. The Morgan fingerprint density at radius 3 is 1.58 bits per heavy atom. The second-order valence-corrected chi connectivity index (χ2v) is 14.8. The van der Waals surface area contributed by atoms with E-state index in [-0.39, 0.29) is 0 Å². The largest absolute Gasteiger partial charge is 0.309 e. The average Bonchev–Trinajstić information content (AvgIpc) is 3.21. The Morgan fingerprint density at radius 1 is 0.415 bits per heavy atom. The van der Waals surface area contributed by atoms with Gasteiger partial charge in [0.05, 0.1) is 5.69 Å². The van der Waals surface area contributed by atoms with Crippen LogP contribution in [0, 0.1) is 6.92 Å². The second-order valence-electron chi connectivity index (χ2n) is 14.8. The Labute approximate surface area is 311 Å². The van der Waals surface area contributed by atoms with E-state index in [4.69, 9.17) is 0 Å². The van der Waals surface area contributed by atoms with Crippen LogP contribution in [0.25, 0.3) is 72.1 Å². The zero-order chi connectivity index (χ0) is 35.3. The molecule has 0 N–H and O–H groups in total. The topological polar surface area (TPSA) is 3.24 Å². The summed E-state index contributed by atoms with van der Waals surface area (Å²) >= 11 is 0. The fraction of sp³-hybridized carbons (Fsp3) is 0.115. The van der Waals surface area contributed by atoms with Crippen molar-refractivity contribution in [3.8, 4) is 0 Å². The van der Waals surface area contributed by atoms with Crippen LogP contribution in [0.15, 0.2) is 157 Å². The summed E-state index contributed by atoms with van der Waals surface area (Å²) < 4.78 is 0. The third-order valence-corrected chi connectivity index (χ3v) is 11.4. The van der Waals surface area contributed by atoms with Crippen molar-refractivity contribution in [2.75, 3.05) is 4.90 Å². The lowest BCUT2D eigenvalue weighted by molar-refractivity contribution is 0.602. The van der Waals surface area contributed by atoms with Crippen LogP contribution >= 0.6 is 0 Å². The van der Waals surface area contributed by atoms with Crippen LogP contribution < -0.4 is 4.90 Å². The highest BCUT2D eigenvalue weighted by molar-refractivity contribution is 6.40. The smallest absolute Gasteiger partial charge is 0.0619 e. The minimum atomic E-state index is 1.14. The molecule has 10 rings (SSSR count). The van der Waals surface area contributed by atoms with E-state index in [1.165, 1.54) is 114 Å². The SMILES string of the molecule is Cc1ccc(C=Cc2ccc(N(c3ccc(C=C4CCCCC4)cc3)c3c4ccccc4c4c5cccc6cccc(c7cccc3c74)c65)cc2)cc1. The van der Waals surface area contributed by atoms with E-state index in [2.05, 4.69) is 182 Å². The molecule has 0 radical (unpaired) electrons. The van der Waals surface area contributed by atoms with E-state index >= 15 is 0 Å². The summed E-state index contributed by atoms with van der Waals surface area (Å²) in [4.78, 5) is 2.50. The van der Waals surface area contributed by atoms with E-state index in [1.54, 1.807) is 5.57 Å². The second kappa shape index (κ2) is 13.1. The van der Waals surface area contributed by atoms with Gasteiger partial charge >= 0.3 is 0 Å². The maximum absolute atomic E-state index is 2.50. The Balaban J connectivity index is 1.21. The zero-order valence-electron chi connectivity index (χ0n) is 30.1. The Morgan fingerprint density at radius 2 is 0.906 bits per heavy atom. The van der Waals surface area contributed by atoms with E-state index < -0.39 is 0 Å². The lowest BCUT2D eigenvalue weighted by atomic mass is 9.86. The first-order valence-electron chi connectivity index (χ1n) is 19.1. The van der Waals surface area contributed by atoms with Crippen molar-refractivity contribution in [3.63, 3.8) is 0 Å². The summed E-state index contributed by atoms with van der Waals surface area (Å²) in [5.74, 6) is 0. The first-order chi connectivity index (χ1) is 26.2. The van der Waals surface area contributed by atoms with Gasteiger partial charge in [-0.1, -0.05) is 163 Å². The average molecular weight is 680 g/mol. The van der Waals surface area contributed by atoms with E-state index in [1.807, 2.05) is 0 Å². The Bertz CT molecular complexity index is 2820. The number of fused-ring (bicyclic) bond motifs is 4. The van der Waals surface area contributed by atoms with Crippen molar-refractivity contribution in [1.29, 1.82) is 0 Å². The molecule has 53 heavy (non-hydrogen) atoms. The van der Waals surface area contributed by atoms with Gasteiger partial charge in [-0.05, 0) is 111 Å². The van der Waals surface area contributed by atoms with Gasteiger partial charge in [-0.2, -0.15) is 0 Å². The van der Waals surface area contributed by atoms with Gasteiger partial charge in [0.1, 0.15) is 0 Å². The van der Waals surface area contributed by atoms with Crippen LogP contribution in [-0.4, -0.2) is 0 Å². The van der Waals surface area contributed by atoms with Gasteiger partial charge in [-0.25, -0.2) is 0 Å². The highest BCUT2D eigenvalue weighted by atomic mass is 15.1. The highest BCUT2D eigenvalue weighted by Gasteiger charge is 2.23. The number of aryl methyl sites for hydroxylation is 1. The van der Waals surface area contributed by atoms with Gasteiger partial charge in [-0.3, -0.25) is 0 Å². The van der Waals surface area contributed by atoms with Crippen molar-refractivity contribution in [1.82, 2.24) is 0 Å². The summed E-state index contributed by atoms with van der Waals surface area (Å²) in [6.45, 7) is 2.13. The Kier molecular flexibility index (Phi) is 7.80. The van der Waals surface area contributed by atoms with E-state index in [9.17, 15) is 0 Å². The number of nitrogens with zero attached hydrogens (tertiary/aromatic N) is 1. The molecule has 0 bridgehead atoms. The molecule has 254 valence electrons. The van der Waals surface area contributed by atoms with Crippen LogP contribution in [0.4, 0.5) is 17.1 Å². The third-order valence-electron chi connectivity index (χ3n) is 11.4. The monoisotopic (exact) mass is 679 g/mol. The van der Waals surface area contributed by atoms with Gasteiger partial charge in [-0.15, -0.1) is 0 Å². The predicted octanol–water partition coefficient (Wildman–Crippen LogP) is 15.2. The first kappa shape index (κ1) is 31.5. The quantitative estimate of drug-likeness (QED) is 0.0960. The zero-order valence-corrected chi connectivity index (χ0v) is 30.1. The van der Waals surface area contributed by atoms with Crippen LogP contribution in [0.5, 0.6) is 0 Å². The molecular formula is C52H41N. The van der Waals surface area contributed by atoms with Crippen LogP contribution in [-0.2, 0) is 0 Å². The van der Waals surface area contributed by atoms with E-state index in [0.29, 0.717) is 0 Å². The normalized spacial score (nSPS) is 13.6. The van der Waals surface area contributed by atoms with Crippen LogP contribution in [0.1, 0.15) is 54.4 Å². The lowest BCUT2D eigenvalue weighted by Crippen LogP contribution is -2.11. The first-order valence-corrected chi connectivity index (χ1v) is 19.1. The molecule has 0 saturated heterocycles. The minimum Gasteiger partial charge on any atom is -0.309 e. The van der Waals surface area contributed by atoms with Crippen molar-refractivity contribution in [2.24, 2.45) is 0 Å². The summed E-state index contributed by atoms with van der Waals surface area (Å²) in [6, 6.07) is 56.5. The van der Waals surface area contributed by atoms with Gasteiger partial charge in [0, 0.05) is 27.5 Å². The standard InChI is InChI=1S/C52H41N/c1-35-20-22-36(23-21-35)24-25-37-26-30-41(31-27-37)53(42-32-28-39(29-33-42)34-38-10-3-2-4-11-38)52-46-15-6-5-14-45(46)50-47-18-8-13-40-12-7-16-43(49(40)47)44-17-9-19-48(52)51(44)50/h5-9,12-34H,2-4,10-11H2,1H3.